The Hall–Kier alpha value is -1.59. The van der Waals surface area contributed by atoms with Gasteiger partial charge in [-0.1, -0.05) is 6.07 Å². The zero-order valence-corrected chi connectivity index (χ0v) is 12.3. The summed E-state index contributed by atoms with van der Waals surface area (Å²) in [6.45, 7) is 0.553. The highest BCUT2D eigenvalue weighted by atomic mass is 79.9. The molecule has 0 aliphatic rings. The summed E-state index contributed by atoms with van der Waals surface area (Å²) in [6.07, 6.45) is 1.87. The van der Waals surface area contributed by atoms with Crippen LogP contribution in [0.25, 0.3) is 10.9 Å². The molecule has 0 radical (unpaired) electrons. The third kappa shape index (κ3) is 2.72. The van der Waals surface area contributed by atoms with Crippen molar-refractivity contribution in [2.75, 3.05) is 0 Å². The number of fused-ring (bicyclic) bond motifs is 1. The number of nitrogens with one attached hydrogen (secondary N) is 2. The predicted octanol–water partition coefficient (Wildman–Crippen LogP) is 3.92. The fourth-order valence-corrected chi connectivity index (χ4v) is 3.30. The van der Waals surface area contributed by atoms with Crippen molar-refractivity contribution in [1.29, 1.82) is 0 Å². The van der Waals surface area contributed by atoms with Crippen molar-refractivity contribution in [1.82, 2.24) is 10.3 Å². The summed E-state index contributed by atoms with van der Waals surface area (Å²) in [5.41, 5.74) is 1.65. The van der Waals surface area contributed by atoms with Crippen LogP contribution < -0.4 is 5.32 Å². The van der Waals surface area contributed by atoms with Gasteiger partial charge in [-0.05, 0) is 45.6 Å². The average Bonchev–Trinajstić information content (AvgIpc) is 3.03. The quantitative estimate of drug-likeness (QED) is 0.749. The van der Waals surface area contributed by atoms with Crippen molar-refractivity contribution in [3.05, 3.63) is 56.8 Å². The molecule has 0 bridgehead atoms. The number of thiophene rings is 1. The average molecular weight is 335 g/mol. The highest BCUT2D eigenvalue weighted by Gasteiger charge is 2.07. The smallest absolute Gasteiger partial charge is 0.251 e. The Morgan fingerprint density at radius 2 is 2.21 bits per heavy atom. The number of rotatable bonds is 3. The first-order chi connectivity index (χ1) is 9.22. The standard InChI is InChI=1S/C14H11BrN2OS/c15-11-6-12(19-8-11)7-17-14(18)10-2-1-9-3-4-16-13(9)5-10/h1-6,8,16H,7H2,(H,17,18). The van der Waals surface area contributed by atoms with E-state index in [0.29, 0.717) is 12.1 Å². The molecule has 1 aromatic carbocycles. The van der Waals surface area contributed by atoms with Crippen molar-refractivity contribution >= 4 is 44.1 Å². The summed E-state index contributed by atoms with van der Waals surface area (Å²) >= 11 is 5.02. The van der Waals surface area contributed by atoms with Gasteiger partial charge < -0.3 is 10.3 Å². The highest BCUT2D eigenvalue weighted by molar-refractivity contribution is 9.10. The third-order valence-corrected chi connectivity index (χ3v) is 4.56. The van der Waals surface area contributed by atoms with Gasteiger partial charge in [0.15, 0.2) is 0 Å². The molecule has 5 heteroatoms. The van der Waals surface area contributed by atoms with Crippen LogP contribution in [0.15, 0.2) is 46.4 Å². The zero-order valence-electron chi connectivity index (χ0n) is 9.94. The monoisotopic (exact) mass is 334 g/mol. The molecule has 0 aliphatic carbocycles. The van der Waals surface area contributed by atoms with E-state index in [0.717, 1.165) is 20.3 Å². The molecule has 1 amide bonds. The Balaban J connectivity index is 1.72. The molecule has 96 valence electrons. The van der Waals surface area contributed by atoms with Crippen LogP contribution in [0.3, 0.4) is 0 Å². The van der Waals surface area contributed by atoms with E-state index in [1.54, 1.807) is 11.3 Å². The van der Waals surface area contributed by atoms with Crippen LogP contribution in [-0.4, -0.2) is 10.9 Å². The second-order valence-corrected chi connectivity index (χ2v) is 6.11. The number of hydrogen-bond acceptors (Lipinski definition) is 2. The Kier molecular flexibility index (Phi) is 3.40. The largest absolute Gasteiger partial charge is 0.361 e. The number of aromatic nitrogens is 1. The maximum atomic E-state index is 12.1. The van der Waals surface area contributed by atoms with Crippen molar-refractivity contribution in [3.63, 3.8) is 0 Å². The number of benzene rings is 1. The maximum Gasteiger partial charge on any atom is 0.251 e. The number of aromatic amines is 1. The molecule has 0 atom stereocenters. The molecular formula is C14H11BrN2OS. The fourth-order valence-electron chi connectivity index (χ4n) is 1.91. The zero-order chi connectivity index (χ0) is 13.2. The lowest BCUT2D eigenvalue weighted by atomic mass is 10.1. The molecule has 3 rings (SSSR count). The Morgan fingerprint density at radius 3 is 3.00 bits per heavy atom. The van der Waals surface area contributed by atoms with E-state index in [1.165, 1.54) is 0 Å². The van der Waals surface area contributed by atoms with Gasteiger partial charge in [0, 0.05) is 32.0 Å². The van der Waals surface area contributed by atoms with Gasteiger partial charge in [-0.15, -0.1) is 11.3 Å². The number of carbonyl (C=O) groups is 1. The molecule has 0 fully saturated rings. The molecule has 19 heavy (non-hydrogen) atoms. The normalized spacial score (nSPS) is 10.8. The lowest BCUT2D eigenvalue weighted by Gasteiger charge is -2.03. The molecule has 2 heterocycles. The molecule has 2 N–H and O–H groups in total. The van der Waals surface area contributed by atoms with Gasteiger partial charge in [0.05, 0.1) is 6.54 Å². The van der Waals surface area contributed by atoms with Crippen LogP contribution in [0, 0.1) is 0 Å². The molecular weight excluding hydrogens is 324 g/mol. The summed E-state index contributed by atoms with van der Waals surface area (Å²) in [4.78, 5) is 16.3. The number of carbonyl (C=O) groups excluding carboxylic acids is 1. The molecule has 0 unspecified atom stereocenters. The van der Waals surface area contributed by atoms with Gasteiger partial charge in [0.1, 0.15) is 0 Å². The van der Waals surface area contributed by atoms with E-state index < -0.39 is 0 Å². The van der Waals surface area contributed by atoms with Gasteiger partial charge >= 0.3 is 0 Å². The molecule has 0 aliphatic heterocycles. The SMILES string of the molecule is O=C(NCc1cc(Br)cs1)c1ccc2cc[nH]c2c1. The maximum absolute atomic E-state index is 12.1. The van der Waals surface area contributed by atoms with E-state index in [-0.39, 0.29) is 5.91 Å². The summed E-state index contributed by atoms with van der Waals surface area (Å²) in [5.74, 6) is -0.0546. The van der Waals surface area contributed by atoms with Gasteiger partial charge in [-0.2, -0.15) is 0 Å². The second kappa shape index (κ2) is 5.19. The Bertz CT molecular complexity index is 732. The van der Waals surface area contributed by atoms with Crippen molar-refractivity contribution in [3.8, 4) is 0 Å². The first kappa shape index (κ1) is 12.4. The fraction of sp³-hybridized carbons (Fsp3) is 0.0714. The van der Waals surface area contributed by atoms with E-state index in [1.807, 2.05) is 41.9 Å². The minimum Gasteiger partial charge on any atom is -0.361 e. The topological polar surface area (TPSA) is 44.9 Å². The van der Waals surface area contributed by atoms with Crippen LogP contribution in [0.2, 0.25) is 0 Å². The first-order valence-electron chi connectivity index (χ1n) is 5.80. The molecule has 3 nitrogen and oxygen atoms in total. The van der Waals surface area contributed by atoms with E-state index in [9.17, 15) is 4.79 Å². The number of H-pyrrole nitrogens is 1. The predicted molar refractivity (Wildman–Crippen MR) is 81.5 cm³/mol. The van der Waals surface area contributed by atoms with Gasteiger partial charge in [0.25, 0.3) is 5.91 Å². The lowest BCUT2D eigenvalue weighted by Crippen LogP contribution is -2.22. The lowest BCUT2D eigenvalue weighted by molar-refractivity contribution is 0.0951. The highest BCUT2D eigenvalue weighted by Crippen LogP contribution is 2.19. The number of amides is 1. The van der Waals surface area contributed by atoms with Gasteiger partial charge in [0.2, 0.25) is 0 Å². The van der Waals surface area contributed by atoms with Crippen molar-refractivity contribution in [2.24, 2.45) is 0 Å². The van der Waals surface area contributed by atoms with Gasteiger partial charge in [-0.25, -0.2) is 0 Å². The van der Waals surface area contributed by atoms with Crippen LogP contribution in [-0.2, 0) is 6.54 Å². The summed E-state index contributed by atoms with van der Waals surface area (Å²) in [6, 6.07) is 9.66. The molecule has 3 aromatic rings. The third-order valence-electron chi connectivity index (χ3n) is 2.86. The number of hydrogen-bond donors (Lipinski definition) is 2. The van der Waals surface area contributed by atoms with Crippen LogP contribution in [0.4, 0.5) is 0 Å². The molecule has 0 spiro atoms. The Morgan fingerprint density at radius 1 is 1.32 bits per heavy atom. The number of halogens is 1. The Labute approximate surface area is 122 Å². The molecule has 0 saturated heterocycles. The van der Waals surface area contributed by atoms with E-state index >= 15 is 0 Å². The summed E-state index contributed by atoms with van der Waals surface area (Å²) < 4.78 is 1.05. The van der Waals surface area contributed by atoms with E-state index in [4.69, 9.17) is 0 Å². The minimum atomic E-state index is -0.0546. The van der Waals surface area contributed by atoms with Crippen molar-refractivity contribution in [2.45, 2.75) is 6.54 Å². The van der Waals surface area contributed by atoms with E-state index in [2.05, 4.69) is 26.2 Å². The van der Waals surface area contributed by atoms with Crippen LogP contribution in [0.1, 0.15) is 15.2 Å². The van der Waals surface area contributed by atoms with Gasteiger partial charge in [-0.3, -0.25) is 4.79 Å². The summed E-state index contributed by atoms with van der Waals surface area (Å²) in [5, 5.41) is 6.04. The molecule has 2 aromatic heterocycles. The van der Waals surface area contributed by atoms with Crippen molar-refractivity contribution < 1.29 is 4.79 Å². The molecule has 0 saturated carbocycles. The van der Waals surface area contributed by atoms with Crippen LogP contribution >= 0.6 is 27.3 Å². The second-order valence-electron chi connectivity index (χ2n) is 4.19. The minimum absolute atomic E-state index is 0.0546. The first-order valence-corrected chi connectivity index (χ1v) is 7.48. The summed E-state index contributed by atoms with van der Waals surface area (Å²) in [7, 11) is 0. The van der Waals surface area contributed by atoms with Crippen LogP contribution in [0.5, 0.6) is 0 Å².